The van der Waals surface area contributed by atoms with Gasteiger partial charge in [-0.05, 0) is 66.6 Å². The molecule has 30 heavy (non-hydrogen) atoms. The molecule has 4 aromatic rings. The topological polar surface area (TPSA) is 51.5 Å². The molecule has 6 heteroatoms. The van der Waals surface area contributed by atoms with E-state index in [9.17, 15) is 18.7 Å². The number of nitrogens with zero attached hydrogens (tertiary/aromatic N) is 1. The van der Waals surface area contributed by atoms with E-state index in [0.717, 1.165) is 16.8 Å². The zero-order valence-corrected chi connectivity index (χ0v) is 16.2. The first-order valence-corrected chi connectivity index (χ1v) is 9.42. The average molecular weight is 407 g/mol. The van der Waals surface area contributed by atoms with Crippen molar-refractivity contribution in [1.82, 2.24) is 4.57 Å². The van der Waals surface area contributed by atoms with E-state index in [4.69, 9.17) is 4.74 Å². The van der Waals surface area contributed by atoms with Crippen LogP contribution >= 0.6 is 0 Å². The van der Waals surface area contributed by atoms with Crippen LogP contribution in [0.25, 0.3) is 10.9 Å². The second-order valence-electron chi connectivity index (χ2n) is 7.05. The number of ether oxygens (including phenoxy) is 1. The molecule has 1 N–H and O–H groups in total. The fourth-order valence-electron chi connectivity index (χ4n) is 3.66. The molecular weight excluding hydrogens is 388 g/mol. The van der Waals surface area contributed by atoms with E-state index in [0.29, 0.717) is 28.8 Å². The van der Waals surface area contributed by atoms with Gasteiger partial charge in [0.1, 0.15) is 29.7 Å². The maximum absolute atomic E-state index is 14.0. The van der Waals surface area contributed by atoms with Crippen LogP contribution in [0, 0.1) is 18.6 Å². The number of carboxylic acids is 1. The Balaban J connectivity index is 1.76. The number of aromatic nitrogens is 1. The largest absolute Gasteiger partial charge is 0.480 e. The lowest BCUT2D eigenvalue weighted by Gasteiger charge is -2.12. The summed E-state index contributed by atoms with van der Waals surface area (Å²) in [7, 11) is 0. The highest BCUT2D eigenvalue weighted by Gasteiger charge is 2.18. The molecule has 0 radical (unpaired) electrons. The molecule has 0 saturated carbocycles. The first kappa shape index (κ1) is 19.6. The predicted octanol–water partition coefficient (Wildman–Crippen LogP) is 5.70. The lowest BCUT2D eigenvalue weighted by atomic mass is 10.0. The number of para-hydroxylation sites is 1. The van der Waals surface area contributed by atoms with Gasteiger partial charge in [-0.2, -0.15) is 0 Å². The summed E-state index contributed by atoms with van der Waals surface area (Å²) in [5, 5.41) is 9.96. The van der Waals surface area contributed by atoms with Crippen LogP contribution in [0.1, 0.15) is 16.8 Å². The number of aliphatic carboxylic acids is 1. The van der Waals surface area contributed by atoms with Crippen LogP contribution in [0.4, 0.5) is 8.78 Å². The first-order chi connectivity index (χ1) is 14.4. The van der Waals surface area contributed by atoms with Crippen LogP contribution in [0.15, 0.2) is 66.7 Å². The van der Waals surface area contributed by atoms with Crippen molar-refractivity contribution in [1.29, 1.82) is 0 Å². The van der Waals surface area contributed by atoms with Crippen molar-refractivity contribution >= 4 is 16.9 Å². The fourth-order valence-corrected chi connectivity index (χ4v) is 3.66. The lowest BCUT2D eigenvalue weighted by molar-refractivity contribution is -0.137. The number of carbonyl (C=O) groups is 1. The monoisotopic (exact) mass is 407 g/mol. The molecule has 1 heterocycles. The predicted molar refractivity (Wildman–Crippen MR) is 110 cm³/mol. The number of carboxylic acid groups (broad SMARTS) is 1. The molecule has 0 atom stereocenters. The van der Waals surface area contributed by atoms with Gasteiger partial charge in [-0.3, -0.25) is 4.79 Å². The van der Waals surface area contributed by atoms with E-state index in [2.05, 4.69) is 0 Å². The summed E-state index contributed by atoms with van der Waals surface area (Å²) in [6, 6.07) is 17.5. The van der Waals surface area contributed by atoms with Gasteiger partial charge in [0.05, 0.1) is 0 Å². The van der Waals surface area contributed by atoms with Crippen molar-refractivity contribution in [2.75, 3.05) is 0 Å². The maximum Gasteiger partial charge on any atom is 0.323 e. The molecule has 0 aliphatic rings. The fraction of sp³-hybridized carbons (Fsp3) is 0.125. The Bertz CT molecular complexity index is 1230. The Morgan fingerprint density at radius 1 is 1.00 bits per heavy atom. The number of halogens is 2. The minimum Gasteiger partial charge on any atom is -0.480 e. The lowest BCUT2D eigenvalue weighted by Crippen LogP contribution is -2.10. The summed E-state index contributed by atoms with van der Waals surface area (Å²) >= 11 is 0. The van der Waals surface area contributed by atoms with Gasteiger partial charge in [0.2, 0.25) is 0 Å². The summed E-state index contributed by atoms with van der Waals surface area (Å²) in [4.78, 5) is 11.3. The Hall–Kier alpha value is -3.67. The van der Waals surface area contributed by atoms with E-state index in [1.165, 1.54) is 24.3 Å². The van der Waals surface area contributed by atoms with Gasteiger partial charge in [-0.1, -0.05) is 18.2 Å². The van der Waals surface area contributed by atoms with Crippen molar-refractivity contribution in [2.45, 2.75) is 19.9 Å². The van der Waals surface area contributed by atoms with E-state index in [1.807, 2.05) is 31.2 Å². The van der Waals surface area contributed by atoms with Gasteiger partial charge in [-0.25, -0.2) is 8.78 Å². The minimum absolute atomic E-state index is 0.207. The van der Waals surface area contributed by atoms with Gasteiger partial charge in [-0.15, -0.1) is 0 Å². The molecule has 0 amide bonds. The molecule has 152 valence electrons. The molecule has 0 aliphatic heterocycles. The van der Waals surface area contributed by atoms with Crippen LogP contribution in [0.3, 0.4) is 0 Å². The Morgan fingerprint density at radius 2 is 1.70 bits per heavy atom. The van der Waals surface area contributed by atoms with Crippen molar-refractivity contribution < 1.29 is 23.4 Å². The summed E-state index contributed by atoms with van der Waals surface area (Å²) in [5.74, 6) is -0.600. The van der Waals surface area contributed by atoms with Crippen LogP contribution in [0.5, 0.6) is 11.5 Å². The van der Waals surface area contributed by atoms with Crippen LogP contribution in [-0.2, 0) is 17.8 Å². The van der Waals surface area contributed by atoms with Crippen molar-refractivity contribution in [3.8, 4) is 11.5 Å². The third-order valence-electron chi connectivity index (χ3n) is 5.09. The molecule has 1 aromatic heterocycles. The molecule has 4 rings (SSSR count). The average Bonchev–Trinajstić information content (AvgIpc) is 2.96. The van der Waals surface area contributed by atoms with E-state index >= 15 is 0 Å². The maximum atomic E-state index is 14.0. The number of benzene rings is 3. The third kappa shape index (κ3) is 3.89. The zero-order chi connectivity index (χ0) is 21.3. The van der Waals surface area contributed by atoms with Crippen molar-refractivity contribution in [3.63, 3.8) is 0 Å². The van der Waals surface area contributed by atoms with Crippen LogP contribution < -0.4 is 4.74 Å². The molecule has 0 bridgehead atoms. The van der Waals surface area contributed by atoms with Gasteiger partial charge in [0.15, 0.2) is 0 Å². The quantitative estimate of drug-likeness (QED) is 0.446. The molecule has 0 fully saturated rings. The van der Waals surface area contributed by atoms with Crippen LogP contribution in [-0.4, -0.2) is 15.6 Å². The molecular formula is C24H19F2NO3. The van der Waals surface area contributed by atoms with Gasteiger partial charge in [0.25, 0.3) is 0 Å². The van der Waals surface area contributed by atoms with E-state index < -0.39 is 5.97 Å². The molecule has 0 unspecified atom stereocenters. The number of rotatable bonds is 6. The van der Waals surface area contributed by atoms with Gasteiger partial charge < -0.3 is 14.4 Å². The highest BCUT2D eigenvalue weighted by molar-refractivity contribution is 5.87. The number of hydrogen-bond acceptors (Lipinski definition) is 2. The standard InChI is InChI=1S/C24H19F2NO3/c1-15-20(21-13-18(26)8-11-22(21)27(15)14-24(28)29)12-16-4-2-3-5-23(16)30-19-9-6-17(25)7-10-19/h2-11,13H,12,14H2,1H3,(H,28,29). The summed E-state index contributed by atoms with van der Waals surface area (Å²) < 4.78 is 34.8. The normalized spacial score (nSPS) is 11.0. The second kappa shape index (κ2) is 7.99. The molecule has 4 nitrogen and oxygen atoms in total. The van der Waals surface area contributed by atoms with Crippen molar-refractivity contribution in [3.05, 3.63) is 95.2 Å². The number of hydrogen-bond donors (Lipinski definition) is 1. The Morgan fingerprint density at radius 3 is 2.43 bits per heavy atom. The van der Waals surface area contributed by atoms with Crippen molar-refractivity contribution in [2.24, 2.45) is 0 Å². The molecule has 0 saturated heterocycles. The minimum atomic E-state index is -0.967. The summed E-state index contributed by atoms with van der Waals surface area (Å²) in [6.45, 7) is 1.63. The Kier molecular flexibility index (Phi) is 5.23. The van der Waals surface area contributed by atoms with Gasteiger partial charge >= 0.3 is 5.97 Å². The molecule has 0 spiro atoms. The SMILES string of the molecule is Cc1c(Cc2ccccc2Oc2ccc(F)cc2)c2cc(F)ccc2n1CC(=O)O. The highest BCUT2D eigenvalue weighted by Crippen LogP contribution is 2.33. The molecule has 0 aliphatic carbocycles. The van der Waals surface area contributed by atoms with Gasteiger partial charge in [0, 0.05) is 23.0 Å². The van der Waals surface area contributed by atoms with E-state index in [1.54, 1.807) is 22.8 Å². The summed E-state index contributed by atoms with van der Waals surface area (Å²) in [6.07, 6.45) is 0.426. The first-order valence-electron chi connectivity index (χ1n) is 9.42. The summed E-state index contributed by atoms with van der Waals surface area (Å²) in [5.41, 5.74) is 3.11. The molecule has 3 aromatic carbocycles. The second-order valence-corrected chi connectivity index (χ2v) is 7.05. The Labute approximate surface area is 172 Å². The zero-order valence-electron chi connectivity index (χ0n) is 16.2. The third-order valence-corrected chi connectivity index (χ3v) is 5.09. The highest BCUT2D eigenvalue weighted by atomic mass is 19.1. The number of fused-ring (bicyclic) bond motifs is 1. The van der Waals surface area contributed by atoms with E-state index in [-0.39, 0.29) is 18.2 Å². The smallest absolute Gasteiger partial charge is 0.323 e. The van der Waals surface area contributed by atoms with Crippen LogP contribution in [0.2, 0.25) is 0 Å².